The Balaban J connectivity index is 2.32. The number of benzene rings is 1. The van der Waals surface area contributed by atoms with Crippen molar-refractivity contribution in [2.75, 3.05) is 0 Å². The fraction of sp³-hybridized carbons (Fsp3) is 0.286. The summed E-state index contributed by atoms with van der Waals surface area (Å²) in [5.41, 5.74) is 6.77. The molecule has 100 valence electrons. The summed E-state index contributed by atoms with van der Waals surface area (Å²) in [5, 5.41) is 7.52. The highest BCUT2D eigenvalue weighted by molar-refractivity contribution is 5.96. The Morgan fingerprint density at radius 2 is 2.26 bits per heavy atom. The molecule has 5 heteroatoms. The second-order valence-corrected chi connectivity index (χ2v) is 4.44. The molecule has 1 aromatic carbocycles. The van der Waals surface area contributed by atoms with E-state index in [2.05, 4.69) is 11.9 Å². The average molecular weight is 260 g/mol. The van der Waals surface area contributed by atoms with E-state index in [0.717, 1.165) is 24.2 Å². The van der Waals surface area contributed by atoms with Crippen LogP contribution in [0.2, 0.25) is 0 Å². The van der Waals surface area contributed by atoms with Crippen molar-refractivity contribution in [3.05, 3.63) is 53.4 Å². The number of aromatic nitrogens is 2. The minimum absolute atomic E-state index is 0.119. The second-order valence-electron chi connectivity index (χ2n) is 4.44. The van der Waals surface area contributed by atoms with Crippen LogP contribution in [0.5, 0.6) is 0 Å². The number of halogens is 1. The summed E-state index contributed by atoms with van der Waals surface area (Å²) in [4.78, 5) is 4.30. The van der Waals surface area contributed by atoms with Crippen LogP contribution in [-0.2, 0) is 13.0 Å². The zero-order chi connectivity index (χ0) is 13.8. The number of imidazole rings is 1. The zero-order valence-electron chi connectivity index (χ0n) is 10.9. The number of hydrogen-bond acceptors (Lipinski definition) is 2. The molecule has 0 fully saturated rings. The first-order chi connectivity index (χ1) is 9.11. The van der Waals surface area contributed by atoms with Gasteiger partial charge in [0, 0.05) is 30.9 Å². The van der Waals surface area contributed by atoms with Crippen molar-refractivity contribution in [2.24, 2.45) is 5.73 Å². The van der Waals surface area contributed by atoms with Gasteiger partial charge in [0.25, 0.3) is 0 Å². The van der Waals surface area contributed by atoms with Gasteiger partial charge in [-0.3, -0.25) is 5.41 Å². The second kappa shape index (κ2) is 5.65. The highest BCUT2D eigenvalue weighted by Crippen LogP contribution is 2.14. The van der Waals surface area contributed by atoms with Crippen LogP contribution in [0.3, 0.4) is 0 Å². The number of hydrogen-bond donors (Lipinski definition) is 2. The minimum Gasteiger partial charge on any atom is -0.384 e. The van der Waals surface area contributed by atoms with Gasteiger partial charge >= 0.3 is 0 Å². The van der Waals surface area contributed by atoms with Crippen molar-refractivity contribution >= 4 is 5.84 Å². The third kappa shape index (κ3) is 2.99. The number of aryl methyl sites for hydroxylation is 1. The van der Waals surface area contributed by atoms with Crippen molar-refractivity contribution < 1.29 is 4.39 Å². The molecule has 0 atom stereocenters. The third-order valence-electron chi connectivity index (χ3n) is 2.98. The molecule has 0 saturated heterocycles. The van der Waals surface area contributed by atoms with E-state index in [1.807, 2.05) is 10.8 Å². The summed E-state index contributed by atoms with van der Waals surface area (Å²) in [7, 11) is 0. The number of nitrogens with zero attached hydrogens (tertiary/aromatic N) is 2. The normalized spacial score (nSPS) is 10.6. The summed E-state index contributed by atoms with van der Waals surface area (Å²) in [6.07, 6.45) is 5.55. The third-order valence-corrected chi connectivity index (χ3v) is 2.98. The highest BCUT2D eigenvalue weighted by Gasteiger charge is 2.09. The van der Waals surface area contributed by atoms with E-state index in [1.165, 1.54) is 12.1 Å². The predicted molar refractivity (Wildman–Crippen MR) is 72.7 cm³/mol. The maximum absolute atomic E-state index is 13.2. The average Bonchev–Trinajstić information content (AvgIpc) is 2.79. The van der Waals surface area contributed by atoms with Crippen LogP contribution in [-0.4, -0.2) is 15.4 Å². The molecule has 0 aliphatic heterocycles. The van der Waals surface area contributed by atoms with Crippen LogP contribution < -0.4 is 5.73 Å². The molecule has 1 heterocycles. The quantitative estimate of drug-likeness (QED) is 0.640. The van der Waals surface area contributed by atoms with E-state index < -0.39 is 0 Å². The zero-order valence-corrected chi connectivity index (χ0v) is 10.9. The molecule has 4 nitrogen and oxygen atoms in total. The van der Waals surface area contributed by atoms with Gasteiger partial charge in [0.2, 0.25) is 0 Å². The largest absolute Gasteiger partial charge is 0.384 e. The van der Waals surface area contributed by atoms with Crippen molar-refractivity contribution in [1.29, 1.82) is 5.41 Å². The molecular weight excluding hydrogens is 243 g/mol. The van der Waals surface area contributed by atoms with Gasteiger partial charge in [-0.2, -0.15) is 0 Å². The lowest BCUT2D eigenvalue weighted by atomic mass is 10.1. The molecule has 0 aliphatic carbocycles. The molecule has 0 aliphatic rings. The first-order valence-corrected chi connectivity index (χ1v) is 6.24. The number of nitrogens with two attached hydrogens (primary N) is 1. The molecule has 0 radical (unpaired) electrons. The summed E-state index contributed by atoms with van der Waals surface area (Å²) < 4.78 is 15.2. The standard InChI is InChI=1S/C14H17FN4/c1-2-3-13-18-6-7-19(13)9-10-4-5-11(15)8-12(10)14(16)17/h4-8H,2-3,9H2,1H3,(H3,16,17). The van der Waals surface area contributed by atoms with Gasteiger partial charge in [-0.15, -0.1) is 0 Å². The van der Waals surface area contributed by atoms with E-state index >= 15 is 0 Å². The number of nitrogens with one attached hydrogen (secondary N) is 1. The first kappa shape index (κ1) is 13.3. The van der Waals surface area contributed by atoms with Crippen LogP contribution in [0.4, 0.5) is 4.39 Å². The molecule has 0 saturated carbocycles. The van der Waals surface area contributed by atoms with Crippen LogP contribution in [0.25, 0.3) is 0 Å². The maximum atomic E-state index is 13.2. The van der Waals surface area contributed by atoms with E-state index in [4.69, 9.17) is 11.1 Å². The van der Waals surface area contributed by atoms with Crippen molar-refractivity contribution in [1.82, 2.24) is 9.55 Å². The van der Waals surface area contributed by atoms with E-state index in [1.54, 1.807) is 12.3 Å². The molecule has 0 bridgehead atoms. The Hall–Kier alpha value is -2.17. The molecule has 2 aromatic rings. The monoisotopic (exact) mass is 260 g/mol. The fourth-order valence-electron chi connectivity index (χ4n) is 2.06. The Morgan fingerprint density at radius 1 is 1.47 bits per heavy atom. The molecule has 0 spiro atoms. The van der Waals surface area contributed by atoms with Crippen LogP contribution in [0.1, 0.15) is 30.3 Å². The lowest BCUT2D eigenvalue weighted by Crippen LogP contribution is -2.16. The summed E-state index contributed by atoms with van der Waals surface area (Å²) in [5.74, 6) is 0.487. The van der Waals surface area contributed by atoms with E-state index in [0.29, 0.717) is 12.1 Å². The summed E-state index contributed by atoms with van der Waals surface area (Å²) in [6, 6.07) is 4.36. The lowest BCUT2D eigenvalue weighted by Gasteiger charge is -2.11. The Labute approximate surface area is 111 Å². The lowest BCUT2D eigenvalue weighted by molar-refractivity contribution is 0.625. The maximum Gasteiger partial charge on any atom is 0.123 e. The van der Waals surface area contributed by atoms with Gasteiger partial charge in [0.05, 0.1) is 0 Å². The van der Waals surface area contributed by atoms with Crippen molar-refractivity contribution in [3.63, 3.8) is 0 Å². The van der Waals surface area contributed by atoms with Crippen LogP contribution >= 0.6 is 0 Å². The Kier molecular flexibility index (Phi) is 3.94. The SMILES string of the molecule is CCCc1nccn1Cc1ccc(F)cc1C(=N)N. The molecule has 2 rings (SSSR count). The number of nitrogen functional groups attached to an aromatic ring is 1. The van der Waals surface area contributed by atoms with Gasteiger partial charge < -0.3 is 10.3 Å². The first-order valence-electron chi connectivity index (χ1n) is 6.24. The molecule has 0 unspecified atom stereocenters. The Morgan fingerprint density at radius 3 is 2.95 bits per heavy atom. The van der Waals surface area contributed by atoms with Crippen LogP contribution in [0.15, 0.2) is 30.6 Å². The van der Waals surface area contributed by atoms with Gasteiger partial charge in [0.1, 0.15) is 17.5 Å². The molecule has 19 heavy (non-hydrogen) atoms. The molecule has 3 N–H and O–H groups in total. The van der Waals surface area contributed by atoms with Gasteiger partial charge in [0.15, 0.2) is 0 Å². The molecule has 1 aromatic heterocycles. The van der Waals surface area contributed by atoms with Gasteiger partial charge in [-0.1, -0.05) is 13.0 Å². The topological polar surface area (TPSA) is 67.7 Å². The number of amidine groups is 1. The van der Waals surface area contributed by atoms with Gasteiger partial charge in [-0.05, 0) is 24.1 Å². The summed E-state index contributed by atoms with van der Waals surface area (Å²) >= 11 is 0. The minimum atomic E-state index is -0.381. The molecule has 0 amide bonds. The fourth-order valence-corrected chi connectivity index (χ4v) is 2.06. The number of rotatable bonds is 5. The van der Waals surface area contributed by atoms with E-state index in [-0.39, 0.29) is 11.7 Å². The van der Waals surface area contributed by atoms with Crippen molar-refractivity contribution in [3.8, 4) is 0 Å². The smallest absolute Gasteiger partial charge is 0.123 e. The Bertz CT molecular complexity index is 589. The highest BCUT2D eigenvalue weighted by atomic mass is 19.1. The summed E-state index contributed by atoms with van der Waals surface area (Å²) in [6.45, 7) is 2.64. The van der Waals surface area contributed by atoms with Gasteiger partial charge in [-0.25, -0.2) is 9.37 Å². The predicted octanol–water partition coefficient (Wildman–Crippen LogP) is 2.31. The van der Waals surface area contributed by atoms with E-state index in [9.17, 15) is 4.39 Å². The van der Waals surface area contributed by atoms with Crippen molar-refractivity contribution in [2.45, 2.75) is 26.3 Å². The van der Waals surface area contributed by atoms with Crippen LogP contribution in [0, 0.1) is 11.2 Å². The molecular formula is C14H17FN4.